The molecule has 172 valence electrons. The van der Waals surface area contributed by atoms with E-state index in [0.29, 0.717) is 10.9 Å². The molecule has 4 rings (SSSR count). The second kappa shape index (κ2) is 8.12. The minimum atomic E-state index is -4.06. The highest BCUT2D eigenvalue weighted by Gasteiger charge is 2.24. The van der Waals surface area contributed by atoms with Gasteiger partial charge in [0.05, 0.1) is 15.5 Å². The van der Waals surface area contributed by atoms with Gasteiger partial charge in [-0.15, -0.1) is 0 Å². The smallest absolute Gasteiger partial charge is 0.275 e. The Morgan fingerprint density at radius 2 is 1.67 bits per heavy atom. The summed E-state index contributed by atoms with van der Waals surface area (Å²) in [6, 6.07) is 9.18. The highest BCUT2D eigenvalue weighted by Crippen LogP contribution is 2.34. The van der Waals surface area contributed by atoms with E-state index in [9.17, 15) is 21.6 Å². The molecule has 1 aromatic carbocycles. The fourth-order valence-electron chi connectivity index (χ4n) is 3.52. The molecule has 0 aliphatic heterocycles. The molecule has 0 aliphatic rings. The van der Waals surface area contributed by atoms with Crippen molar-refractivity contribution in [2.75, 3.05) is 5.75 Å². The molecule has 0 spiro atoms. The van der Waals surface area contributed by atoms with Crippen molar-refractivity contribution in [1.29, 1.82) is 0 Å². The summed E-state index contributed by atoms with van der Waals surface area (Å²) in [5.74, 6) is -0.121. The Bertz CT molecular complexity index is 1670. The topological polar surface area (TPSA) is 108 Å². The first-order chi connectivity index (χ1) is 15.5. The quantitative estimate of drug-likeness (QED) is 0.385. The van der Waals surface area contributed by atoms with Crippen LogP contribution in [0.4, 0.5) is 0 Å². The SMILES string of the molecule is CCS(=O)(=O)c1cnc(Cl)c(-c2cn(C)c(=O)c3c2ccn3S(=O)(=O)c2ccc(C)cc2)c1. The van der Waals surface area contributed by atoms with Crippen molar-refractivity contribution in [3.8, 4) is 11.1 Å². The highest BCUT2D eigenvalue weighted by molar-refractivity contribution is 7.91. The van der Waals surface area contributed by atoms with Gasteiger partial charge in [-0.25, -0.2) is 25.8 Å². The molecule has 33 heavy (non-hydrogen) atoms. The lowest BCUT2D eigenvalue weighted by atomic mass is 10.1. The molecule has 11 heteroatoms. The Morgan fingerprint density at radius 1 is 1.00 bits per heavy atom. The van der Waals surface area contributed by atoms with E-state index in [4.69, 9.17) is 11.6 Å². The Balaban J connectivity index is 2.03. The van der Waals surface area contributed by atoms with E-state index in [1.165, 1.54) is 61.4 Å². The van der Waals surface area contributed by atoms with Gasteiger partial charge in [0.1, 0.15) is 10.7 Å². The summed E-state index contributed by atoms with van der Waals surface area (Å²) in [5, 5.41) is 0.336. The minimum Gasteiger partial charge on any atom is -0.316 e. The van der Waals surface area contributed by atoms with E-state index >= 15 is 0 Å². The summed E-state index contributed by atoms with van der Waals surface area (Å²) in [5.41, 5.74) is 0.952. The molecule has 0 amide bonds. The number of rotatable bonds is 5. The van der Waals surface area contributed by atoms with Gasteiger partial charge in [0, 0.05) is 42.2 Å². The van der Waals surface area contributed by atoms with E-state index < -0.39 is 25.4 Å². The van der Waals surface area contributed by atoms with Gasteiger partial charge < -0.3 is 4.57 Å². The van der Waals surface area contributed by atoms with Gasteiger partial charge in [-0.1, -0.05) is 36.2 Å². The standard InChI is InChI=1S/C22H20ClN3O5S2/c1-4-32(28,29)16-11-18(21(23)24-12-16)19-13-25(3)22(27)20-17(19)9-10-26(20)33(30,31)15-7-5-14(2)6-8-15/h5-13H,4H2,1-3H3. The first kappa shape index (κ1) is 23.2. The average molecular weight is 506 g/mol. The van der Waals surface area contributed by atoms with Crippen LogP contribution in [-0.2, 0) is 26.9 Å². The summed E-state index contributed by atoms with van der Waals surface area (Å²) in [6.45, 7) is 3.36. The number of hydrogen-bond acceptors (Lipinski definition) is 6. The lowest BCUT2D eigenvalue weighted by Gasteiger charge is -2.12. The van der Waals surface area contributed by atoms with Crippen LogP contribution < -0.4 is 5.56 Å². The second-order valence-corrected chi connectivity index (χ2v) is 12.0. The first-order valence-electron chi connectivity index (χ1n) is 9.89. The molecule has 0 radical (unpaired) electrons. The zero-order valence-electron chi connectivity index (χ0n) is 18.0. The summed E-state index contributed by atoms with van der Waals surface area (Å²) < 4.78 is 53.6. The van der Waals surface area contributed by atoms with Crippen LogP contribution >= 0.6 is 11.6 Å². The van der Waals surface area contributed by atoms with Crippen molar-refractivity contribution in [1.82, 2.24) is 13.5 Å². The molecule has 3 aromatic heterocycles. The Labute approximate surface area is 196 Å². The van der Waals surface area contributed by atoms with Gasteiger partial charge in [-0.2, -0.15) is 0 Å². The lowest BCUT2D eigenvalue weighted by Crippen LogP contribution is -2.22. The fraction of sp³-hybridized carbons (Fsp3) is 0.182. The fourth-order valence-corrected chi connectivity index (χ4v) is 5.92. The predicted octanol–water partition coefficient (Wildman–Crippen LogP) is 3.39. The molecule has 0 N–H and O–H groups in total. The monoisotopic (exact) mass is 505 g/mol. The highest BCUT2D eigenvalue weighted by atomic mass is 35.5. The van der Waals surface area contributed by atoms with Crippen molar-refractivity contribution in [3.05, 3.63) is 76.1 Å². The normalized spacial score (nSPS) is 12.4. The van der Waals surface area contributed by atoms with Crippen molar-refractivity contribution >= 4 is 42.4 Å². The maximum atomic E-state index is 13.3. The molecule has 0 saturated carbocycles. The molecular formula is C22H20ClN3O5S2. The number of nitrogens with zero attached hydrogens (tertiary/aromatic N) is 3. The lowest BCUT2D eigenvalue weighted by molar-refractivity contribution is 0.588. The van der Waals surface area contributed by atoms with E-state index in [1.807, 2.05) is 6.92 Å². The Kier molecular flexibility index (Phi) is 5.71. The van der Waals surface area contributed by atoms with Crippen LogP contribution in [0.2, 0.25) is 5.15 Å². The van der Waals surface area contributed by atoms with Crippen LogP contribution in [0, 0.1) is 6.92 Å². The number of halogens is 1. The van der Waals surface area contributed by atoms with E-state index in [-0.39, 0.29) is 31.8 Å². The number of aryl methyl sites for hydroxylation is 2. The molecule has 0 fully saturated rings. The molecule has 3 heterocycles. The predicted molar refractivity (Wildman–Crippen MR) is 127 cm³/mol. The van der Waals surface area contributed by atoms with Crippen molar-refractivity contribution in [3.63, 3.8) is 0 Å². The van der Waals surface area contributed by atoms with Gasteiger partial charge in [-0.3, -0.25) is 4.79 Å². The first-order valence-corrected chi connectivity index (χ1v) is 13.4. The molecule has 0 aliphatic carbocycles. The van der Waals surface area contributed by atoms with Crippen LogP contribution in [0.5, 0.6) is 0 Å². The Hall–Kier alpha value is -2.95. The van der Waals surface area contributed by atoms with Crippen molar-refractivity contribution in [2.45, 2.75) is 23.6 Å². The third kappa shape index (κ3) is 3.88. The molecule has 0 saturated heterocycles. The molecule has 8 nitrogen and oxygen atoms in total. The third-order valence-corrected chi connectivity index (χ3v) is 9.10. The minimum absolute atomic E-state index is 0.0156. The second-order valence-electron chi connectivity index (χ2n) is 7.56. The van der Waals surface area contributed by atoms with Crippen LogP contribution in [0.15, 0.2) is 69.6 Å². The summed E-state index contributed by atoms with van der Waals surface area (Å²) >= 11 is 6.31. The zero-order chi connectivity index (χ0) is 24.1. The molecule has 0 atom stereocenters. The number of hydrogen-bond donors (Lipinski definition) is 0. The van der Waals surface area contributed by atoms with Crippen LogP contribution in [0.3, 0.4) is 0 Å². The summed E-state index contributed by atoms with van der Waals surface area (Å²) in [4.78, 5) is 17.1. The summed E-state index contributed by atoms with van der Waals surface area (Å²) in [6.07, 6.45) is 3.97. The van der Waals surface area contributed by atoms with E-state index in [0.717, 1.165) is 9.54 Å². The maximum Gasteiger partial charge on any atom is 0.275 e. The van der Waals surface area contributed by atoms with Gasteiger partial charge in [0.15, 0.2) is 9.84 Å². The Morgan fingerprint density at radius 3 is 2.30 bits per heavy atom. The number of pyridine rings is 2. The van der Waals surface area contributed by atoms with Crippen LogP contribution in [0.25, 0.3) is 22.0 Å². The van der Waals surface area contributed by atoms with Gasteiger partial charge in [0.25, 0.3) is 15.6 Å². The molecule has 0 bridgehead atoms. The number of sulfone groups is 1. The summed E-state index contributed by atoms with van der Waals surface area (Å²) in [7, 11) is -6.15. The average Bonchev–Trinajstić information content (AvgIpc) is 3.23. The van der Waals surface area contributed by atoms with Crippen molar-refractivity contribution < 1.29 is 16.8 Å². The van der Waals surface area contributed by atoms with Gasteiger partial charge in [-0.05, 0) is 31.2 Å². The maximum absolute atomic E-state index is 13.3. The van der Waals surface area contributed by atoms with E-state index in [1.54, 1.807) is 12.1 Å². The van der Waals surface area contributed by atoms with Gasteiger partial charge >= 0.3 is 0 Å². The number of fused-ring (bicyclic) bond motifs is 1. The molecule has 0 unspecified atom stereocenters. The van der Waals surface area contributed by atoms with Crippen LogP contribution in [-0.4, -0.2) is 36.1 Å². The largest absolute Gasteiger partial charge is 0.316 e. The van der Waals surface area contributed by atoms with E-state index in [2.05, 4.69) is 4.98 Å². The number of benzene rings is 1. The third-order valence-electron chi connectivity index (χ3n) is 5.41. The molecule has 4 aromatic rings. The number of aromatic nitrogens is 3. The molecular weight excluding hydrogens is 486 g/mol. The van der Waals surface area contributed by atoms with Crippen LogP contribution in [0.1, 0.15) is 12.5 Å². The zero-order valence-corrected chi connectivity index (χ0v) is 20.4. The van der Waals surface area contributed by atoms with Crippen molar-refractivity contribution in [2.24, 2.45) is 7.05 Å². The van der Waals surface area contributed by atoms with Gasteiger partial charge in [0.2, 0.25) is 0 Å².